The maximum Gasteiger partial charge on any atom is 0.226 e. The number of furan rings is 1. The van der Waals surface area contributed by atoms with Gasteiger partial charge in [-0.3, -0.25) is 4.57 Å². The quantitative estimate of drug-likeness (QED) is 0.504. The van der Waals surface area contributed by atoms with Crippen LogP contribution in [-0.2, 0) is 5.75 Å². The van der Waals surface area contributed by atoms with Gasteiger partial charge in [-0.25, -0.2) is 0 Å². The third kappa shape index (κ3) is 3.08. The summed E-state index contributed by atoms with van der Waals surface area (Å²) < 4.78 is 12.9. The second-order valence-electron chi connectivity index (χ2n) is 5.37. The van der Waals surface area contributed by atoms with Gasteiger partial charge >= 0.3 is 0 Å². The number of hydrogen-bond acceptors (Lipinski definition) is 7. The van der Waals surface area contributed by atoms with Crippen LogP contribution < -0.4 is 0 Å². The Kier molecular flexibility index (Phi) is 4.10. The molecule has 0 fully saturated rings. The minimum atomic E-state index is 0.524. The Morgan fingerprint density at radius 3 is 2.52 bits per heavy atom. The molecule has 0 spiro atoms. The van der Waals surface area contributed by atoms with Crippen LogP contribution >= 0.6 is 11.8 Å². The first-order valence-electron chi connectivity index (χ1n) is 7.69. The SMILES string of the molecule is Cc1nnc(CSc2nnc(-c3ccoc3C)n2-c2ccccc2)o1. The molecule has 3 heterocycles. The molecule has 0 N–H and O–H groups in total. The van der Waals surface area contributed by atoms with Crippen LogP contribution in [0.3, 0.4) is 0 Å². The van der Waals surface area contributed by atoms with Gasteiger partial charge in [0.05, 0.1) is 17.6 Å². The fraction of sp³-hybridized carbons (Fsp3) is 0.176. The predicted octanol–water partition coefficient (Wildman–Crippen LogP) is 3.82. The van der Waals surface area contributed by atoms with Crippen LogP contribution in [0.25, 0.3) is 17.1 Å². The zero-order valence-corrected chi connectivity index (χ0v) is 14.5. The highest BCUT2D eigenvalue weighted by molar-refractivity contribution is 7.98. The molecule has 0 amide bonds. The van der Waals surface area contributed by atoms with Gasteiger partial charge in [0, 0.05) is 12.6 Å². The van der Waals surface area contributed by atoms with Crippen LogP contribution in [0.1, 0.15) is 17.5 Å². The topological polar surface area (TPSA) is 82.8 Å². The summed E-state index contributed by atoms with van der Waals surface area (Å²) >= 11 is 1.49. The van der Waals surface area contributed by atoms with Gasteiger partial charge in [-0.05, 0) is 25.1 Å². The molecule has 0 unspecified atom stereocenters. The lowest BCUT2D eigenvalue weighted by molar-refractivity contribution is 0.485. The van der Waals surface area contributed by atoms with Gasteiger partial charge in [-0.2, -0.15) is 0 Å². The van der Waals surface area contributed by atoms with E-state index in [4.69, 9.17) is 8.83 Å². The minimum absolute atomic E-state index is 0.524. The fourth-order valence-corrected chi connectivity index (χ4v) is 3.28. The molecule has 4 rings (SSSR count). The molecule has 0 aliphatic carbocycles. The number of hydrogen-bond donors (Lipinski definition) is 0. The highest BCUT2D eigenvalue weighted by Crippen LogP contribution is 2.31. The molecule has 8 heteroatoms. The molecule has 0 aliphatic rings. The Hall–Kier alpha value is -2.87. The first-order valence-corrected chi connectivity index (χ1v) is 8.68. The maximum absolute atomic E-state index is 5.43. The van der Waals surface area contributed by atoms with Crippen LogP contribution in [0, 0.1) is 13.8 Å². The van der Waals surface area contributed by atoms with Crippen molar-refractivity contribution in [2.75, 3.05) is 0 Å². The lowest BCUT2D eigenvalue weighted by Crippen LogP contribution is -1.99. The van der Waals surface area contributed by atoms with E-state index in [0.717, 1.165) is 28.0 Å². The zero-order chi connectivity index (χ0) is 17.2. The van der Waals surface area contributed by atoms with Gasteiger partial charge in [0.2, 0.25) is 11.8 Å². The van der Waals surface area contributed by atoms with E-state index in [1.165, 1.54) is 11.8 Å². The standard InChI is InChI=1S/C17H15N5O2S/c1-11-14(8-9-23-11)16-20-21-17(22(16)13-6-4-3-5-7-13)25-10-15-19-18-12(2)24-15/h3-9H,10H2,1-2H3. The van der Waals surface area contributed by atoms with Gasteiger partial charge in [-0.15, -0.1) is 20.4 Å². The Morgan fingerprint density at radius 2 is 1.84 bits per heavy atom. The Bertz CT molecular complexity index is 990. The van der Waals surface area contributed by atoms with E-state index < -0.39 is 0 Å². The molecule has 3 aromatic heterocycles. The second-order valence-corrected chi connectivity index (χ2v) is 6.31. The van der Waals surface area contributed by atoms with Gasteiger partial charge in [0.15, 0.2) is 11.0 Å². The molecule has 0 atom stereocenters. The molecular weight excluding hydrogens is 338 g/mol. The summed E-state index contributed by atoms with van der Waals surface area (Å²) in [6, 6.07) is 11.9. The summed E-state index contributed by atoms with van der Waals surface area (Å²) in [6.07, 6.45) is 1.66. The van der Waals surface area contributed by atoms with Gasteiger partial charge in [0.1, 0.15) is 5.76 Å². The molecule has 25 heavy (non-hydrogen) atoms. The van der Waals surface area contributed by atoms with Gasteiger partial charge in [0.25, 0.3) is 0 Å². The van der Waals surface area contributed by atoms with Crippen molar-refractivity contribution >= 4 is 11.8 Å². The zero-order valence-electron chi connectivity index (χ0n) is 13.7. The van der Waals surface area contributed by atoms with E-state index in [1.54, 1.807) is 13.2 Å². The monoisotopic (exact) mass is 353 g/mol. The smallest absolute Gasteiger partial charge is 0.226 e. The number of rotatable bonds is 5. The highest BCUT2D eigenvalue weighted by Gasteiger charge is 2.19. The number of benzene rings is 1. The van der Waals surface area contributed by atoms with Crippen molar-refractivity contribution in [1.82, 2.24) is 25.0 Å². The molecule has 0 saturated carbocycles. The largest absolute Gasteiger partial charge is 0.469 e. The first-order chi connectivity index (χ1) is 12.2. The summed E-state index contributed by atoms with van der Waals surface area (Å²) in [5.41, 5.74) is 1.89. The van der Waals surface area contributed by atoms with E-state index in [-0.39, 0.29) is 0 Å². The molecule has 0 saturated heterocycles. The van der Waals surface area contributed by atoms with Crippen molar-refractivity contribution in [3.05, 3.63) is 60.2 Å². The Balaban J connectivity index is 1.74. The molecule has 0 radical (unpaired) electrons. The van der Waals surface area contributed by atoms with Crippen LogP contribution in [0.5, 0.6) is 0 Å². The van der Waals surface area contributed by atoms with Crippen LogP contribution in [0.4, 0.5) is 0 Å². The maximum atomic E-state index is 5.43. The fourth-order valence-electron chi connectivity index (χ4n) is 2.49. The van der Waals surface area contributed by atoms with E-state index >= 15 is 0 Å². The number of aromatic nitrogens is 5. The lowest BCUT2D eigenvalue weighted by Gasteiger charge is -2.09. The number of aryl methyl sites for hydroxylation is 2. The van der Waals surface area contributed by atoms with Crippen molar-refractivity contribution in [3.63, 3.8) is 0 Å². The summed E-state index contributed by atoms with van der Waals surface area (Å²) in [7, 11) is 0. The van der Waals surface area contributed by atoms with E-state index in [0.29, 0.717) is 17.5 Å². The summed E-state index contributed by atoms with van der Waals surface area (Å²) in [5, 5.41) is 17.4. The van der Waals surface area contributed by atoms with Crippen molar-refractivity contribution in [2.24, 2.45) is 0 Å². The van der Waals surface area contributed by atoms with Crippen LogP contribution in [0.2, 0.25) is 0 Å². The molecule has 126 valence electrons. The summed E-state index contributed by atoms with van der Waals surface area (Å²) in [5.74, 6) is 3.17. The second kappa shape index (κ2) is 6.56. The summed E-state index contributed by atoms with van der Waals surface area (Å²) in [4.78, 5) is 0. The third-order valence-electron chi connectivity index (χ3n) is 3.64. The third-order valence-corrected chi connectivity index (χ3v) is 4.55. The van der Waals surface area contributed by atoms with Crippen molar-refractivity contribution in [1.29, 1.82) is 0 Å². The normalized spacial score (nSPS) is 11.1. The number of para-hydroxylation sites is 1. The van der Waals surface area contributed by atoms with Crippen molar-refractivity contribution in [2.45, 2.75) is 24.8 Å². The van der Waals surface area contributed by atoms with E-state index in [2.05, 4.69) is 20.4 Å². The Morgan fingerprint density at radius 1 is 1.00 bits per heavy atom. The number of nitrogens with zero attached hydrogens (tertiary/aromatic N) is 5. The molecule has 0 bridgehead atoms. The molecular formula is C17H15N5O2S. The summed E-state index contributed by atoms with van der Waals surface area (Å²) in [6.45, 7) is 3.68. The average molecular weight is 353 g/mol. The first kappa shape index (κ1) is 15.6. The van der Waals surface area contributed by atoms with Gasteiger partial charge in [-0.1, -0.05) is 30.0 Å². The van der Waals surface area contributed by atoms with E-state index in [1.807, 2.05) is 47.9 Å². The Labute approximate surface area is 148 Å². The lowest BCUT2D eigenvalue weighted by atomic mass is 10.2. The van der Waals surface area contributed by atoms with Crippen molar-refractivity contribution in [3.8, 4) is 17.1 Å². The molecule has 0 aliphatic heterocycles. The van der Waals surface area contributed by atoms with E-state index in [9.17, 15) is 0 Å². The van der Waals surface area contributed by atoms with Gasteiger partial charge < -0.3 is 8.83 Å². The minimum Gasteiger partial charge on any atom is -0.469 e. The highest BCUT2D eigenvalue weighted by atomic mass is 32.2. The molecule has 4 aromatic rings. The van der Waals surface area contributed by atoms with Crippen LogP contribution in [-0.4, -0.2) is 25.0 Å². The number of thioether (sulfide) groups is 1. The average Bonchev–Trinajstić information content (AvgIpc) is 3.33. The van der Waals surface area contributed by atoms with Crippen molar-refractivity contribution < 1.29 is 8.83 Å². The molecule has 1 aromatic carbocycles. The molecule has 7 nitrogen and oxygen atoms in total. The van der Waals surface area contributed by atoms with Crippen LogP contribution in [0.15, 0.2) is 56.7 Å². The predicted molar refractivity (Wildman–Crippen MR) is 92.4 cm³/mol.